The quantitative estimate of drug-likeness (QED) is 0.659. The standard InChI is InChI=1S/C18H22N2O5S2/c1-4-25-15-8-5-13(6-9-15)20-27(22,23)17-11-14(7-10-16(17)24-2)19-18(21)12-26-3/h5-11,20H,4,12H2,1-3H3,(H,19,21). The van der Waals surface area contributed by atoms with Crippen LogP contribution < -0.4 is 19.5 Å². The Morgan fingerprint density at radius 2 is 1.78 bits per heavy atom. The van der Waals surface area contributed by atoms with Gasteiger partial charge in [0.2, 0.25) is 5.91 Å². The Morgan fingerprint density at radius 1 is 1.11 bits per heavy atom. The smallest absolute Gasteiger partial charge is 0.265 e. The van der Waals surface area contributed by atoms with Crippen molar-refractivity contribution < 1.29 is 22.7 Å². The van der Waals surface area contributed by atoms with E-state index < -0.39 is 10.0 Å². The number of hydrogen-bond donors (Lipinski definition) is 2. The summed E-state index contributed by atoms with van der Waals surface area (Å²) in [6, 6.07) is 11.0. The van der Waals surface area contributed by atoms with Crippen molar-refractivity contribution >= 4 is 39.1 Å². The lowest BCUT2D eigenvalue weighted by molar-refractivity contribution is -0.113. The van der Waals surface area contributed by atoms with E-state index in [4.69, 9.17) is 9.47 Å². The highest BCUT2D eigenvalue weighted by Gasteiger charge is 2.21. The number of methoxy groups -OCH3 is 1. The summed E-state index contributed by atoms with van der Waals surface area (Å²) in [5.74, 6) is 0.891. The van der Waals surface area contributed by atoms with E-state index in [1.807, 2.05) is 13.2 Å². The first-order valence-corrected chi connectivity index (χ1v) is 11.0. The summed E-state index contributed by atoms with van der Waals surface area (Å²) in [6.07, 6.45) is 1.81. The fourth-order valence-corrected chi connectivity index (χ4v) is 3.88. The third-order valence-electron chi connectivity index (χ3n) is 3.43. The monoisotopic (exact) mass is 410 g/mol. The van der Waals surface area contributed by atoms with Crippen LogP contribution in [0.15, 0.2) is 47.4 Å². The van der Waals surface area contributed by atoms with Gasteiger partial charge in [-0.1, -0.05) is 0 Å². The summed E-state index contributed by atoms with van der Waals surface area (Å²) in [7, 11) is -2.54. The minimum absolute atomic E-state index is 0.0687. The second kappa shape index (κ2) is 9.52. The first-order chi connectivity index (χ1) is 12.9. The number of ether oxygens (including phenoxy) is 2. The first-order valence-electron chi connectivity index (χ1n) is 8.12. The van der Waals surface area contributed by atoms with Gasteiger partial charge in [-0.3, -0.25) is 9.52 Å². The van der Waals surface area contributed by atoms with Gasteiger partial charge in [0, 0.05) is 11.4 Å². The van der Waals surface area contributed by atoms with Gasteiger partial charge in [-0.15, -0.1) is 0 Å². The maximum absolute atomic E-state index is 12.8. The molecule has 0 fully saturated rings. The Labute approximate surface area is 163 Å². The van der Waals surface area contributed by atoms with Crippen molar-refractivity contribution in [2.45, 2.75) is 11.8 Å². The highest BCUT2D eigenvalue weighted by Crippen LogP contribution is 2.29. The second-order valence-electron chi connectivity index (χ2n) is 5.41. The lowest BCUT2D eigenvalue weighted by Crippen LogP contribution is -2.17. The Kier molecular flexibility index (Phi) is 7.37. The van der Waals surface area contributed by atoms with Gasteiger partial charge in [0.15, 0.2) is 0 Å². The summed E-state index contributed by atoms with van der Waals surface area (Å²) in [6.45, 7) is 2.39. The van der Waals surface area contributed by atoms with E-state index in [2.05, 4.69) is 10.0 Å². The fourth-order valence-electron chi connectivity index (χ4n) is 2.29. The molecule has 0 aromatic heterocycles. The van der Waals surface area contributed by atoms with E-state index in [9.17, 15) is 13.2 Å². The van der Waals surface area contributed by atoms with Crippen molar-refractivity contribution in [3.8, 4) is 11.5 Å². The maximum atomic E-state index is 12.8. The van der Waals surface area contributed by atoms with Crippen molar-refractivity contribution in [2.75, 3.05) is 35.8 Å². The number of carbonyl (C=O) groups excluding carboxylic acids is 1. The number of sulfonamides is 1. The SMILES string of the molecule is CCOc1ccc(NS(=O)(=O)c2cc(NC(=O)CSC)ccc2OC)cc1. The largest absolute Gasteiger partial charge is 0.495 e. The van der Waals surface area contributed by atoms with Crippen LogP contribution in [-0.2, 0) is 14.8 Å². The molecule has 0 radical (unpaired) electrons. The van der Waals surface area contributed by atoms with Crippen LogP contribution in [0.2, 0.25) is 0 Å². The Balaban J connectivity index is 2.28. The highest BCUT2D eigenvalue weighted by atomic mass is 32.2. The lowest BCUT2D eigenvalue weighted by Gasteiger charge is -2.14. The molecule has 9 heteroatoms. The molecule has 0 aliphatic rings. The van der Waals surface area contributed by atoms with Crippen molar-refractivity contribution in [3.05, 3.63) is 42.5 Å². The van der Waals surface area contributed by atoms with Gasteiger partial charge in [-0.2, -0.15) is 11.8 Å². The molecule has 7 nitrogen and oxygen atoms in total. The molecule has 2 aromatic rings. The molecule has 0 heterocycles. The molecule has 2 rings (SSSR count). The van der Waals surface area contributed by atoms with E-state index in [0.717, 1.165) is 0 Å². The van der Waals surface area contributed by atoms with Crippen LogP contribution in [0.4, 0.5) is 11.4 Å². The molecule has 0 atom stereocenters. The number of thioether (sulfide) groups is 1. The minimum atomic E-state index is -3.92. The van der Waals surface area contributed by atoms with Crippen molar-refractivity contribution in [1.82, 2.24) is 0 Å². The van der Waals surface area contributed by atoms with Gasteiger partial charge < -0.3 is 14.8 Å². The number of hydrogen-bond acceptors (Lipinski definition) is 6. The van der Waals surface area contributed by atoms with Crippen LogP contribution in [0.1, 0.15) is 6.92 Å². The average molecular weight is 411 g/mol. The summed E-state index contributed by atoms with van der Waals surface area (Å²) in [4.78, 5) is 11.7. The highest BCUT2D eigenvalue weighted by molar-refractivity contribution is 7.99. The van der Waals surface area contributed by atoms with E-state index in [0.29, 0.717) is 23.7 Å². The predicted molar refractivity (Wildman–Crippen MR) is 108 cm³/mol. The fraction of sp³-hybridized carbons (Fsp3) is 0.278. The lowest BCUT2D eigenvalue weighted by atomic mass is 10.3. The molecule has 1 amide bonds. The summed E-state index contributed by atoms with van der Waals surface area (Å²) >= 11 is 1.38. The van der Waals surface area contributed by atoms with Crippen LogP contribution in [0.25, 0.3) is 0 Å². The predicted octanol–water partition coefficient (Wildman–Crippen LogP) is 3.20. The molecule has 0 spiro atoms. The third kappa shape index (κ3) is 5.80. The number of rotatable bonds is 9. The molecule has 27 heavy (non-hydrogen) atoms. The molecule has 0 aliphatic carbocycles. The summed E-state index contributed by atoms with van der Waals surface area (Å²) < 4.78 is 38.7. The van der Waals surface area contributed by atoms with Crippen molar-refractivity contribution in [3.63, 3.8) is 0 Å². The van der Waals surface area contributed by atoms with E-state index in [1.165, 1.54) is 31.0 Å². The number of amides is 1. The normalized spacial score (nSPS) is 10.9. The van der Waals surface area contributed by atoms with Crippen LogP contribution >= 0.6 is 11.8 Å². The molecule has 0 aliphatic heterocycles. The van der Waals surface area contributed by atoms with Gasteiger partial charge in [-0.05, 0) is 55.6 Å². The molecular weight excluding hydrogens is 388 g/mol. The van der Waals surface area contributed by atoms with E-state index in [-0.39, 0.29) is 22.3 Å². The van der Waals surface area contributed by atoms with Gasteiger partial charge in [0.25, 0.3) is 10.0 Å². The van der Waals surface area contributed by atoms with Crippen LogP contribution in [0.3, 0.4) is 0 Å². The average Bonchev–Trinajstić information content (AvgIpc) is 2.63. The number of nitrogens with one attached hydrogen (secondary N) is 2. The number of anilines is 2. The molecule has 0 bridgehead atoms. The van der Waals surface area contributed by atoms with Gasteiger partial charge in [0.05, 0.1) is 19.5 Å². The summed E-state index contributed by atoms with van der Waals surface area (Å²) in [5, 5.41) is 2.67. The van der Waals surface area contributed by atoms with Crippen molar-refractivity contribution in [1.29, 1.82) is 0 Å². The van der Waals surface area contributed by atoms with Crippen LogP contribution in [0, 0.1) is 0 Å². The molecule has 2 N–H and O–H groups in total. The molecule has 0 saturated carbocycles. The third-order valence-corrected chi connectivity index (χ3v) is 5.38. The van der Waals surface area contributed by atoms with Gasteiger partial charge >= 0.3 is 0 Å². The zero-order chi connectivity index (χ0) is 19.9. The molecule has 146 valence electrons. The molecule has 2 aromatic carbocycles. The van der Waals surface area contributed by atoms with Gasteiger partial charge in [-0.25, -0.2) is 8.42 Å². The first kappa shape index (κ1) is 20.9. The topological polar surface area (TPSA) is 93.7 Å². The van der Waals surface area contributed by atoms with Crippen molar-refractivity contribution in [2.24, 2.45) is 0 Å². The maximum Gasteiger partial charge on any atom is 0.265 e. The second-order valence-corrected chi connectivity index (χ2v) is 7.93. The molecule has 0 unspecified atom stereocenters. The zero-order valence-corrected chi connectivity index (χ0v) is 16.9. The van der Waals surface area contributed by atoms with Gasteiger partial charge in [0.1, 0.15) is 16.4 Å². The van der Waals surface area contributed by atoms with E-state index >= 15 is 0 Å². The molecular formula is C18H22N2O5S2. The Morgan fingerprint density at radius 3 is 2.37 bits per heavy atom. The number of benzene rings is 2. The van der Waals surface area contributed by atoms with Crippen LogP contribution in [-0.4, -0.2) is 40.1 Å². The Bertz CT molecular complexity index is 883. The Hall–Kier alpha value is -2.39. The van der Waals surface area contributed by atoms with E-state index in [1.54, 1.807) is 30.3 Å². The van der Waals surface area contributed by atoms with Crippen LogP contribution in [0.5, 0.6) is 11.5 Å². The molecule has 0 saturated heterocycles. The number of carbonyl (C=O) groups is 1. The zero-order valence-electron chi connectivity index (χ0n) is 15.3. The summed E-state index contributed by atoms with van der Waals surface area (Å²) in [5.41, 5.74) is 0.763. The minimum Gasteiger partial charge on any atom is -0.495 e.